The summed E-state index contributed by atoms with van der Waals surface area (Å²) in [5.74, 6) is -0.608. The lowest BCUT2D eigenvalue weighted by Gasteiger charge is -2.04. The van der Waals surface area contributed by atoms with Crippen molar-refractivity contribution in [3.63, 3.8) is 0 Å². The Morgan fingerprint density at radius 3 is 2.43 bits per heavy atom. The van der Waals surface area contributed by atoms with Crippen LogP contribution in [0.25, 0.3) is 0 Å². The van der Waals surface area contributed by atoms with Crippen LogP contribution in [0.2, 0.25) is 0 Å². The summed E-state index contributed by atoms with van der Waals surface area (Å²) in [6, 6.07) is 3.67. The Morgan fingerprint density at radius 1 is 1.50 bits per heavy atom. The van der Waals surface area contributed by atoms with Gasteiger partial charge in [0, 0.05) is 6.26 Å². The van der Waals surface area contributed by atoms with E-state index in [1.165, 1.54) is 12.1 Å². The molecule has 0 unspecified atom stereocenters. The molecule has 0 aliphatic rings. The average Bonchev–Trinajstić information content (AvgIpc) is 2.01. The molecule has 1 aromatic rings. The third-order valence-corrected chi connectivity index (χ3v) is 2.80. The summed E-state index contributed by atoms with van der Waals surface area (Å²) in [5, 5.41) is 16.4. The fraction of sp³-hybridized carbons (Fsp3) is 0.125. The van der Waals surface area contributed by atoms with Crippen molar-refractivity contribution in [3.05, 3.63) is 23.8 Å². The van der Waals surface area contributed by atoms with Crippen molar-refractivity contribution >= 4 is 15.7 Å². The standard InChI is InChI=1S/C8H10N2O3S/c1-14(12,13)5-2-3-6(8(9)10)7(11)4-5/h2-4,11H,1H3,(H3,9,10). The van der Waals surface area contributed by atoms with Crippen molar-refractivity contribution in [1.82, 2.24) is 0 Å². The van der Waals surface area contributed by atoms with Crippen LogP contribution >= 0.6 is 0 Å². The maximum absolute atomic E-state index is 11.1. The molecule has 0 aliphatic heterocycles. The third-order valence-electron chi connectivity index (χ3n) is 1.69. The van der Waals surface area contributed by atoms with Crippen LogP contribution in [0.3, 0.4) is 0 Å². The molecule has 1 rings (SSSR count). The SMILES string of the molecule is CS(=O)(=O)c1ccc(C(=N)N)c(O)c1. The molecular weight excluding hydrogens is 204 g/mol. The number of benzene rings is 1. The van der Waals surface area contributed by atoms with Gasteiger partial charge in [-0.3, -0.25) is 5.41 Å². The van der Waals surface area contributed by atoms with E-state index in [2.05, 4.69) is 0 Å². The lowest BCUT2D eigenvalue weighted by molar-refractivity contribution is 0.472. The lowest BCUT2D eigenvalue weighted by atomic mass is 10.2. The number of rotatable bonds is 2. The van der Waals surface area contributed by atoms with Gasteiger partial charge in [0.15, 0.2) is 9.84 Å². The van der Waals surface area contributed by atoms with E-state index in [-0.39, 0.29) is 22.0 Å². The first-order valence-electron chi connectivity index (χ1n) is 3.70. The lowest BCUT2D eigenvalue weighted by Crippen LogP contribution is -2.11. The second-order valence-corrected chi connectivity index (χ2v) is 4.88. The molecule has 0 heterocycles. The van der Waals surface area contributed by atoms with Crippen LogP contribution in [0, 0.1) is 5.41 Å². The van der Waals surface area contributed by atoms with E-state index in [9.17, 15) is 13.5 Å². The number of sulfone groups is 1. The molecule has 76 valence electrons. The predicted octanol–water partition coefficient (Wildman–Crippen LogP) is 0.0798. The number of aromatic hydroxyl groups is 1. The number of nitrogen functional groups attached to an aromatic ring is 1. The Morgan fingerprint density at radius 2 is 2.07 bits per heavy atom. The van der Waals surface area contributed by atoms with Crippen LogP contribution in [0.1, 0.15) is 5.56 Å². The van der Waals surface area contributed by atoms with Gasteiger partial charge in [-0.15, -0.1) is 0 Å². The van der Waals surface area contributed by atoms with Crippen molar-refractivity contribution in [2.45, 2.75) is 4.90 Å². The fourth-order valence-corrected chi connectivity index (χ4v) is 1.61. The van der Waals surface area contributed by atoms with Gasteiger partial charge >= 0.3 is 0 Å². The van der Waals surface area contributed by atoms with Crippen molar-refractivity contribution in [2.75, 3.05) is 6.26 Å². The van der Waals surface area contributed by atoms with Crippen molar-refractivity contribution in [2.24, 2.45) is 5.73 Å². The van der Waals surface area contributed by atoms with Gasteiger partial charge in [0.1, 0.15) is 11.6 Å². The normalized spacial score (nSPS) is 11.2. The zero-order valence-electron chi connectivity index (χ0n) is 7.48. The molecule has 0 amide bonds. The Labute approximate surface area is 81.6 Å². The highest BCUT2D eigenvalue weighted by molar-refractivity contribution is 7.90. The molecule has 0 saturated carbocycles. The Kier molecular flexibility index (Phi) is 2.48. The number of amidine groups is 1. The molecule has 0 saturated heterocycles. The molecule has 1 aromatic carbocycles. The first kappa shape index (κ1) is 10.5. The van der Waals surface area contributed by atoms with Crippen LogP contribution in [0.4, 0.5) is 0 Å². The minimum absolute atomic E-state index is 0.000000000000000444. The summed E-state index contributed by atoms with van der Waals surface area (Å²) >= 11 is 0. The Hall–Kier alpha value is -1.56. The number of hydrogen-bond acceptors (Lipinski definition) is 4. The summed E-state index contributed by atoms with van der Waals surface area (Å²) in [6.07, 6.45) is 1.04. The van der Waals surface area contributed by atoms with Crippen molar-refractivity contribution in [1.29, 1.82) is 5.41 Å². The van der Waals surface area contributed by atoms with Crippen LogP contribution in [-0.4, -0.2) is 25.6 Å². The molecule has 14 heavy (non-hydrogen) atoms. The summed E-state index contributed by atoms with van der Waals surface area (Å²) in [6.45, 7) is 0. The van der Waals surface area contributed by atoms with E-state index < -0.39 is 9.84 Å². The summed E-state index contributed by atoms with van der Waals surface area (Å²) in [5.41, 5.74) is 5.27. The second-order valence-electron chi connectivity index (χ2n) is 2.86. The van der Waals surface area contributed by atoms with E-state index in [1.54, 1.807) is 0 Å². The Bertz CT molecular complexity index is 479. The minimum atomic E-state index is -3.34. The summed E-state index contributed by atoms with van der Waals surface area (Å²) < 4.78 is 22.1. The van der Waals surface area contributed by atoms with Gasteiger partial charge in [-0.1, -0.05) is 0 Å². The molecule has 4 N–H and O–H groups in total. The van der Waals surface area contributed by atoms with E-state index in [0.717, 1.165) is 12.3 Å². The topological polar surface area (TPSA) is 104 Å². The summed E-state index contributed by atoms with van der Waals surface area (Å²) in [7, 11) is -3.34. The highest BCUT2D eigenvalue weighted by atomic mass is 32.2. The van der Waals surface area contributed by atoms with Crippen LogP contribution in [0.15, 0.2) is 23.1 Å². The number of hydrogen-bond donors (Lipinski definition) is 3. The molecule has 0 aliphatic carbocycles. The van der Waals surface area contributed by atoms with Gasteiger partial charge in [-0.25, -0.2) is 8.42 Å². The number of phenols is 1. The maximum Gasteiger partial charge on any atom is 0.175 e. The average molecular weight is 214 g/mol. The van der Waals surface area contributed by atoms with Gasteiger partial charge in [-0.05, 0) is 18.2 Å². The zero-order valence-corrected chi connectivity index (χ0v) is 8.30. The van der Waals surface area contributed by atoms with E-state index in [0.29, 0.717) is 0 Å². The van der Waals surface area contributed by atoms with E-state index in [1.807, 2.05) is 0 Å². The van der Waals surface area contributed by atoms with Gasteiger partial charge in [0.25, 0.3) is 0 Å². The molecule has 5 nitrogen and oxygen atoms in total. The van der Waals surface area contributed by atoms with Gasteiger partial charge in [0.2, 0.25) is 0 Å². The van der Waals surface area contributed by atoms with Crippen LogP contribution < -0.4 is 5.73 Å². The molecule has 0 spiro atoms. The first-order valence-corrected chi connectivity index (χ1v) is 5.59. The van der Waals surface area contributed by atoms with Gasteiger partial charge in [0.05, 0.1) is 10.5 Å². The third kappa shape index (κ3) is 2.02. The molecule has 0 radical (unpaired) electrons. The molecule has 0 aromatic heterocycles. The van der Waals surface area contributed by atoms with Gasteiger partial charge < -0.3 is 10.8 Å². The van der Waals surface area contributed by atoms with Crippen LogP contribution in [0.5, 0.6) is 5.75 Å². The molecule has 0 fully saturated rings. The largest absolute Gasteiger partial charge is 0.507 e. The monoisotopic (exact) mass is 214 g/mol. The molecule has 0 bridgehead atoms. The fourth-order valence-electron chi connectivity index (χ4n) is 0.970. The predicted molar refractivity (Wildman–Crippen MR) is 52.2 cm³/mol. The van der Waals surface area contributed by atoms with Crippen molar-refractivity contribution < 1.29 is 13.5 Å². The molecule has 6 heteroatoms. The first-order chi connectivity index (χ1) is 6.32. The number of nitrogens with one attached hydrogen (secondary N) is 1. The minimum Gasteiger partial charge on any atom is -0.507 e. The van der Waals surface area contributed by atoms with Crippen LogP contribution in [-0.2, 0) is 9.84 Å². The highest BCUT2D eigenvalue weighted by Gasteiger charge is 2.11. The van der Waals surface area contributed by atoms with E-state index in [4.69, 9.17) is 11.1 Å². The van der Waals surface area contributed by atoms with Crippen molar-refractivity contribution in [3.8, 4) is 5.75 Å². The maximum atomic E-state index is 11.1. The molecular formula is C8H10N2O3S. The molecule has 0 atom stereocenters. The second kappa shape index (κ2) is 3.30. The summed E-state index contributed by atoms with van der Waals surface area (Å²) in [4.78, 5) is 0.000000000000000444. The smallest absolute Gasteiger partial charge is 0.175 e. The Balaban J connectivity index is 3.34. The quantitative estimate of drug-likeness (QED) is 0.479. The van der Waals surface area contributed by atoms with Gasteiger partial charge in [-0.2, -0.15) is 0 Å². The number of phenolic OH excluding ortho intramolecular Hbond substituents is 1. The zero-order chi connectivity index (χ0) is 10.9. The number of nitrogens with two attached hydrogens (primary N) is 1. The highest BCUT2D eigenvalue weighted by Crippen LogP contribution is 2.20. The van der Waals surface area contributed by atoms with E-state index >= 15 is 0 Å².